The molecule has 2 fully saturated rings. The summed E-state index contributed by atoms with van der Waals surface area (Å²) < 4.78 is 53.0. The molecule has 6 aromatic carbocycles. The van der Waals surface area contributed by atoms with E-state index in [1.54, 1.807) is 102 Å². The zero-order valence-electron chi connectivity index (χ0n) is 57.5. The molecule has 0 spiro atoms. The van der Waals surface area contributed by atoms with Crippen LogP contribution in [0.25, 0.3) is 21.9 Å². The molecule has 1 unspecified atom stereocenters. The zero-order valence-corrected chi connectivity index (χ0v) is 58.3. The topological polar surface area (TPSA) is 325 Å². The first kappa shape index (κ1) is 72.9. The predicted molar refractivity (Wildman–Crippen MR) is 374 cm³/mol. The first-order valence-electron chi connectivity index (χ1n) is 33.3. The van der Waals surface area contributed by atoms with Crippen molar-refractivity contribution in [3.05, 3.63) is 179 Å². The van der Waals surface area contributed by atoms with Crippen LogP contribution in [0.1, 0.15) is 113 Å². The number of carboxylic acid groups (broad SMARTS) is 1. The predicted octanol–water partition coefficient (Wildman–Crippen LogP) is 7.55. The van der Waals surface area contributed by atoms with Gasteiger partial charge in [0, 0.05) is 45.2 Å². The first-order chi connectivity index (χ1) is 48.0. The van der Waals surface area contributed by atoms with Gasteiger partial charge in [-0.05, 0) is 120 Å². The van der Waals surface area contributed by atoms with Crippen molar-refractivity contribution in [3.8, 4) is 35.0 Å². The number of carboxylic acids is 1. The lowest BCUT2D eigenvalue weighted by atomic mass is 9.85. The monoisotopic (exact) mass is 1400 g/mol. The summed E-state index contributed by atoms with van der Waals surface area (Å²) in [6.07, 6.45) is 5.52. The Hall–Kier alpha value is -10.8. The van der Waals surface area contributed by atoms with Gasteiger partial charge in [0.2, 0.25) is 33.7 Å². The van der Waals surface area contributed by atoms with Gasteiger partial charge in [0.25, 0.3) is 5.91 Å². The number of hydrogen-bond donors (Lipinski definition) is 6. The molecule has 1 aliphatic heterocycles. The van der Waals surface area contributed by atoms with Crippen LogP contribution in [0.3, 0.4) is 0 Å². The number of hydrogen-bond acceptors (Lipinski definition) is 16. The third-order valence-corrected chi connectivity index (χ3v) is 19.8. The van der Waals surface area contributed by atoms with Crippen LogP contribution in [0.5, 0.6) is 11.5 Å². The van der Waals surface area contributed by atoms with Gasteiger partial charge in [-0.2, -0.15) is 0 Å². The van der Waals surface area contributed by atoms with Crippen LogP contribution >= 0.6 is 0 Å². The normalized spacial score (nSPS) is 16.5. The third kappa shape index (κ3) is 18.5. The summed E-state index contributed by atoms with van der Waals surface area (Å²) in [6, 6.07) is 33.0. The van der Waals surface area contributed by atoms with E-state index < -0.39 is 116 Å². The standard InChI is InChI=1S/C75H84N10O15S/c1-10-35-97-53-29-24-46(25-30-53)37-62(68(88)81-101(95,96)55-33-34-55)76-67(87)61(39-48-23-28-49-17-11-12-18-50(49)36-48)77-69(89)64-40-52(42-84(64)70(90)65(74(3,4)5)79-66(86)45(2)83(9)73(94)100-75(6,7)8)85-41-51(80-82-85)43-98-54-31-26-47(27-32-54)38-63(71(91)92)78-72(93)99-44-60-58-21-15-13-19-56(58)57-20-14-16-22-59(57)60/h1,11-32,36,41,45,52,55,60-65H,33-35,37-40,42-44H2,2-9H3,(H,76,87)(H,77,89)(H,78,93)(H,79,86)(H,81,88)(H,91,92)/t45-,52-,61-,62-,63?,64-,65+/m0/s1. The Morgan fingerprint density at radius 2 is 1.27 bits per heavy atom. The van der Waals surface area contributed by atoms with Gasteiger partial charge in [-0.1, -0.05) is 147 Å². The van der Waals surface area contributed by atoms with Crippen molar-refractivity contribution in [2.75, 3.05) is 26.8 Å². The molecule has 7 aromatic rings. The fourth-order valence-electron chi connectivity index (χ4n) is 12.2. The van der Waals surface area contributed by atoms with Crippen molar-refractivity contribution in [2.24, 2.45) is 5.41 Å². The van der Waals surface area contributed by atoms with E-state index in [9.17, 15) is 37.5 Å². The minimum atomic E-state index is -4.11. The van der Waals surface area contributed by atoms with Gasteiger partial charge in [0.15, 0.2) is 0 Å². The molecule has 25 nitrogen and oxygen atoms in total. The number of sulfonamides is 1. The molecule has 530 valence electrons. The molecule has 7 amide bonds. The van der Waals surface area contributed by atoms with Crippen LogP contribution in [0.4, 0.5) is 9.59 Å². The molecule has 6 N–H and O–H groups in total. The van der Waals surface area contributed by atoms with Crippen molar-refractivity contribution >= 4 is 68.5 Å². The largest absolute Gasteiger partial charge is 0.487 e. The Kier molecular flexibility index (Phi) is 22.5. The Bertz CT molecular complexity index is 4340. The lowest BCUT2D eigenvalue weighted by Crippen LogP contribution is -2.61. The average molecular weight is 1400 g/mol. The lowest BCUT2D eigenvalue weighted by molar-refractivity contribution is -0.145. The summed E-state index contributed by atoms with van der Waals surface area (Å²) in [5, 5.41) is 30.9. The number of fused-ring (bicyclic) bond motifs is 4. The summed E-state index contributed by atoms with van der Waals surface area (Å²) in [5.74, 6) is -2.32. The SMILES string of the molecule is C#CCOc1ccc(C[C@H](NC(=O)[C@H](Cc2ccc3ccccc3c2)NC(=O)[C@@H]2C[C@H](n3cc(COc4ccc(CC(NC(=O)OCC5c6ccccc6-c6ccccc65)C(=O)O)cc4)nn3)CN2C(=O)[C@@H](NC(=O)[C@H](C)N(C)C(=O)OC(C)(C)C)C(C)(C)C)C(=O)NS(=O)(=O)C2CC2)cc1. The van der Waals surface area contributed by atoms with Crippen molar-refractivity contribution in [2.45, 2.75) is 153 Å². The quantitative estimate of drug-likeness (QED) is 0.0271. The first-order valence-corrected chi connectivity index (χ1v) is 34.9. The molecule has 1 saturated heterocycles. The van der Waals surface area contributed by atoms with E-state index in [-0.39, 0.29) is 58.0 Å². The van der Waals surface area contributed by atoms with Gasteiger partial charge in [-0.15, -0.1) is 11.5 Å². The Morgan fingerprint density at radius 1 is 0.693 bits per heavy atom. The maximum Gasteiger partial charge on any atom is 0.410 e. The molecule has 1 aromatic heterocycles. The molecule has 3 aliphatic rings. The lowest BCUT2D eigenvalue weighted by Gasteiger charge is -2.37. The number of rotatable bonds is 27. The number of ether oxygens (including phenoxy) is 4. The number of amides is 7. The van der Waals surface area contributed by atoms with Crippen LogP contribution in [-0.2, 0) is 74.1 Å². The highest BCUT2D eigenvalue weighted by atomic mass is 32.2. The second-order valence-corrected chi connectivity index (χ2v) is 29.7. The summed E-state index contributed by atoms with van der Waals surface area (Å²) in [6.45, 7) is 11.4. The fraction of sp³-hybridized carbons (Fsp3) is 0.387. The minimum Gasteiger partial charge on any atom is -0.487 e. The number of carbonyl (C=O) groups excluding carboxylic acids is 7. The Morgan fingerprint density at radius 3 is 1.87 bits per heavy atom. The average Bonchev–Trinajstić information content (AvgIpc) is 1.64. The van der Waals surface area contributed by atoms with Crippen molar-refractivity contribution < 1.29 is 70.8 Å². The van der Waals surface area contributed by atoms with E-state index in [1.165, 1.54) is 23.6 Å². The molecule has 0 bridgehead atoms. The number of nitrogens with one attached hydrogen (secondary N) is 5. The minimum absolute atomic E-state index is 0.00558. The molecule has 0 radical (unpaired) electrons. The number of alkyl carbamates (subject to hydrolysis) is 1. The maximum absolute atomic E-state index is 15.5. The Balaban J connectivity index is 0.874. The second-order valence-electron chi connectivity index (χ2n) is 27.7. The number of aliphatic carboxylic acids is 1. The van der Waals surface area contributed by atoms with Gasteiger partial charge >= 0.3 is 18.2 Å². The van der Waals surface area contributed by atoms with Gasteiger partial charge in [0.1, 0.15) is 78.9 Å². The van der Waals surface area contributed by atoms with E-state index in [0.29, 0.717) is 46.7 Å². The van der Waals surface area contributed by atoms with Crippen LogP contribution in [0.2, 0.25) is 0 Å². The number of carbonyl (C=O) groups is 8. The summed E-state index contributed by atoms with van der Waals surface area (Å²) in [5.41, 5.74) is 4.25. The van der Waals surface area contributed by atoms with Crippen LogP contribution in [0, 0.1) is 17.8 Å². The van der Waals surface area contributed by atoms with Crippen molar-refractivity contribution in [1.82, 2.24) is 50.8 Å². The van der Waals surface area contributed by atoms with Crippen LogP contribution in [0.15, 0.2) is 146 Å². The van der Waals surface area contributed by atoms with E-state index in [4.69, 9.17) is 25.4 Å². The van der Waals surface area contributed by atoms with Crippen molar-refractivity contribution in [1.29, 1.82) is 0 Å². The highest BCUT2D eigenvalue weighted by molar-refractivity contribution is 7.91. The second kappa shape index (κ2) is 31.2. The fourth-order valence-corrected chi connectivity index (χ4v) is 13.6. The molecule has 7 atom stereocenters. The number of benzene rings is 6. The molecule has 26 heteroatoms. The number of aromatic nitrogens is 3. The Labute approximate surface area is 586 Å². The number of nitrogens with zero attached hydrogens (tertiary/aromatic N) is 5. The summed E-state index contributed by atoms with van der Waals surface area (Å²) in [7, 11) is -2.72. The summed E-state index contributed by atoms with van der Waals surface area (Å²) in [4.78, 5) is 116. The molecule has 101 heavy (non-hydrogen) atoms. The zero-order chi connectivity index (χ0) is 72.5. The highest BCUT2D eigenvalue weighted by Crippen LogP contribution is 2.45. The molecule has 2 heterocycles. The van der Waals surface area contributed by atoms with Gasteiger partial charge in [-0.3, -0.25) is 33.6 Å². The molecular weight excluding hydrogens is 1310 g/mol. The van der Waals surface area contributed by atoms with Crippen molar-refractivity contribution in [3.63, 3.8) is 0 Å². The smallest absolute Gasteiger partial charge is 0.410 e. The van der Waals surface area contributed by atoms with Crippen LogP contribution in [-0.4, -0.2) is 160 Å². The molecular formula is C75H84N10O15S. The van der Waals surface area contributed by atoms with E-state index >= 15 is 14.4 Å². The van der Waals surface area contributed by atoms with Crippen LogP contribution < -0.4 is 35.5 Å². The van der Waals surface area contributed by atoms with Gasteiger partial charge < -0.3 is 50.2 Å². The molecule has 2 aliphatic carbocycles. The summed E-state index contributed by atoms with van der Waals surface area (Å²) >= 11 is 0. The maximum atomic E-state index is 15.5. The highest BCUT2D eigenvalue weighted by Gasteiger charge is 2.48. The van der Waals surface area contributed by atoms with Gasteiger partial charge in [0.05, 0.1) is 17.5 Å². The molecule has 10 rings (SSSR count). The third-order valence-electron chi connectivity index (χ3n) is 17.9. The van der Waals surface area contributed by atoms with E-state index in [1.807, 2.05) is 84.9 Å². The van der Waals surface area contributed by atoms with E-state index in [0.717, 1.165) is 37.9 Å². The van der Waals surface area contributed by atoms with E-state index in [2.05, 4.69) is 42.2 Å². The molecule has 1 saturated carbocycles. The number of likely N-dealkylation sites (tertiary alicyclic amines) is 1. The number of likely N-dealkylation sites (N-methyl/N-ethyl adjacent to an activating group) is 1. The number of terminal acetylenes is 1. The van der Waals surface area contributed by atoms with Gasteiger partial charge in [-0.25, -0.2) is 27.5 Å².